The summed E-state index contributed by atoms with van der Waals surface area (Å²) in [6.45, 7) is 0.253. The van der Waals surface area contributed by atoms with Crippen LogP contribution in [0.2, 0.25) is 5.02 Å². The van der Waals surface area contributed by atoms with Crippen molar-refractivity contribution in [2.75, 3.05) is 0 Å². The minimum atomic E-state index is -0.504. The van der Waals surface area contributed by atoms with Gasteiger partial charge in [-0.2, -0.15) is 0 Å². The number of non-ortho nitro benzene ring substituents is 1. The van der Waals surface area contributed by atoms with Crippen molar-refractivity contribution in [2.24, 2.45) is 0 Å². The third kappa shape index (κ3) is 3.87. The van der Waals surface area contributed by atoms with Crippen LogP contribution in [0.3, 0.4) is 0 Å². The van der Waals surface area contributed by atoms with Gasteiger partial charge < -0.3 is 9.15 Å². The second-order valence-electron chi connectivity index (χ2n) is 5.17. The SMILES string of the molecule is O=Cc1ccc(-c2cc([N+](=O)[O-])ccc2OCc2ccc(Cl)cc2)o1. The number of hydrogen-bond donors (Lipinski definition) is 0. The van der Waals surface area contributed by atoms with Crippen molar-refractivity contribution in [2.45, 2.75) is 6.61 Å². The molecule has 0 atom stereocenters. The van der Waals surface area contributed by atoms with E-state index < -0.39 is 4.92 Å². The van der Waals surface area contributed by atoms with Gasteiger partial charge in [0.15, 0.2) is 12.0 Å². The van der Waals surface area contributed by atoms with E-state index in [-0.39, 0.29) is 18.1 Å². The van der Waals surface area contributed by atoms with E-state index >= 15 is 0 Å². The van der Waals surface area contributed by atoms with Crippen LogP contribution in [0, 0.1) is 10.1 Å². The average molecular weight is 358 g/mol. The van der Waals surface area contributed by atoms with Crippen LogP contribution in [0.15, 0.2) is 59.0 Å². The summed E-state index contributed by atoms with van der Waals surface area (Å²) in [6.07, 6.45) is 0.565. The standard InChI is InChI=1S/C18H12ClNO5/c19-13-3-1-12(2-4-13)11-24-17-7-5-14(20(22)23)9-16(17)18-8-6-15(10-21)25-18/h1-10H,11H2. The summed E-state index contributed by atoms with van der Waals surface area (Å²) in [4.78, 5) is 21.3. The maximum absolute atomic E-state index is 11.0. The molecule has 7 heteroatoms. The van der Waals surface area contributed by atoms with Gasteiger partial charge >= 0.3 is 0 Å². The van der Waals surface area contributed by atoms with Crippen LogP contribution in [-0.4, -0.2) is 11.2 Å². The Balaban J connectivity index is 1.92. The predicted molar refractivity (Wildman–Crippen MR) is 92.0 cm³/mol. The predicted octanol–water partition coefficient (Wildman–Crippen LogP) is 4.90. The topological polar surface area (TPSA) is 82.6 Å². The summed E-state index contributed by atoms with van der Waals surface area (Å²) in [5.74, 6) is 0.856. The Hall–Kier alpha value is -3.12. The lowest BCUT2D eigenvalue weighted by atomic mass is 10.1. The smallest absolute Gasteiger partial charge is 0.270 e. The van der Waals surface area contributed by atoms with Crippen molar-refractivity contribution in [3.8, 4) is 17.1 Å². The number of carbonyl (C=O) groups is 1. The molecule has 6 nitrogen and oxygen atoms in total. The average Bonchev–Trinajstić information content (AvgIpc) is 3.10. The largest absolute Gasteiger partial charge is 0.488 e. The zero-order chi connectivity index (χ0) is 17.8. The lowest BCUT2D eigenvalue weighted by molar-refractivity contribution is -0.384. The van der Waals surface area contributed by atoms with E-state index in [2.05, 4.69) is 0 Å². The van der Waals surface area contributed by atoms with Crippen LogP contribution < -0.4 is 4.74 Å². The molecule has 126 valence electrons. The molecule has 2 aromatic carbocycles. The number of nitro benzene ring substituents is 1. The lowest BCUT2D eigenvalue weighted by Crippen LogP contribution is -1.98. The Bertz CT molecular complexity index is 917. The number of nitrogens with zero attached hydrogens (tertiary/aromatic N) is 1. The van der Waals surface area contributed by atoms with E-state index in [4.69, 9.17) is 20.8 Å². The van der Waals surface area contributed by atoms with Gasteiger partial charge in [0.2, 0.25) is 0 Å². The molecule has 0 aliphatic heterocycles. The van der Waals surface area contributed by atoms with Gasteiger partial charge in [-0.25, -0.2) is 0 Å². The van der Waals surface area contributed by atoms with Crippen molar-refractivity contribution < 1.29 is 18.9 Å². The van der Waals surface area contributed by atoms with Crippen molar-refractivity contribution in [1.29, 1.82) is 0 Å². The van der Waals surface area contributed by atoms with Crippen LogP contribution in [0.1, 0.15) is 16.1 Å². The molecule has 0 aliphatic rings. The molecule has 0 saturated heterocycles. The second kappa shape index (κ2) is 7.19. The summed E-state index contributed by atoms with van der Waals surface area (Å²) in [6, 6.07) is 14.4. The minimum Gasteiger partial charge on any atom is -0.488 e. The Morgan fingerprint density at radius 2 is 1.88 bits per heavy atom. The maximum atomic E-state index is 11.0. The van der Waals surface area contributed by atoms with Gasteiger partial charge in [-0.3, -0.25) is 14.9 Å². The normalized spacial score (nSPS) is 10.4. The van der Waals surface area contributed by atoms with Crippen molar-refractivity contribution in [3.63, 3.8) is 0 Å². The molecule has 0 N–H and O–H groups in total. The summed E-state index contributed by atoms with van der Waals surface area (Å²) >= 11 is 5.85. The number of furan rings is 1. The van der Waals surface area contributed by atoms with Crippen LogP contribution in [0.25, 0.3) is 11.3 Å². The summed E-state index contributed by atoms with van der Waals surface area (Å²) in [5.41, 5.74) is 1.19. The third-order valence-corrected chi connectivity index (χ3v) is 3.74. The quantitative estimate of drug-likeness (QED) is 0.356. The number of rotatable bonds is 6. The number of nitro groups is 1. The lowest BCUT2D eigenvalue weighted by Gasteiger charge is -2.10. The molecule has 1 aromatic heterocycles. The van der Waals surface area contributed by atoms with Crippen LogP contribution in [0.4, 0.5) is 5.69 Å². The van der Waals surface area contributed by atoms with Gasteiger partial charge in [-0.15, -0.1) is 0 Å². The van der Waals surface area contributed by atoms with Gasteiger partial charge in [0.1, 0.15) is 18.1 Å². The van der Waals surface area contributed by atoms with E-state index in [1.54, 1.807) is 18.2 Å². The highest BCUT2D eigenvalue weighted by molar-refractivity contribution is 6.30. The van der Waals surface area contributed by atoms with E-state index in [1.165, 1.54) is 24.3 Å². The Kier molecular flexibility index (Phi) is 4.81. The molecular formula is C18H12ClNO5. The first-order chi connectivity index (χ1) is 12.1. The van der Waals surface area contributed by atoms with E-state index in [1.807, 2.05) is 12.1 Å². The molecule has 25 heavy (non-hydrogen) atoms. The Labute approximate surface area is 147 Å². The van der Waals surface area contributed by atoms with E-state index in [0.29, 0.717) is 28.4 Å². The van der Waals surface area contributed by atoms with Crippen molar-refractivity contribution in [3.05, 3.63) is 81.1 Å². The van der Waals surface area contributed by atoms with Crippen LogP contribution in [-0.2, 0) is 6.61 Å². The fourth-order valence-corrected chi connectivity index (χ4v) is 2.38. The van der Waals surface area contributed by atoms with Crippen molar-refractivity contribution >= 4 is 23.6 Å². The summed E-state index contributed by atoms with van der Waals surface area (Å²) in [5, 5.41) is 11.7. The van der Waals surface area contributed by atoms with Gasteiger partial charge in [-0.1, -0.05) is 23.7 Å². The fraction of sp³-hybridized carbons (Fsp3) is 0.0556. The number of ether oxygens (including phenoxy) is 1. The molecule has 0 bridgehead atoms. The number of halogens is 1. The second-order valence-corrected chi connectivity index (χ2v) is 5.61. The minimum absolute atomic E-state index is 0.0992. The Morgan fingerprint density at radius 1 is 1.12 bits per heavy atom. The molecule has 0 unspecified atom stereocenters. The zero-order valence-corrected chi connectivity index (χ0v) is 13.6. The Morgan fingerprint density at radius 3 is 2.52 bits per heavy atom. The first kappa shape index (κ1) is 16.7. The highest BCUT2D eigenvalue weighted by Gasteiger charge is 2.16. The summed E-state index contributed by atoms with van der Waals surface area (Å²) in [7, 11) is 0. The highest BCUT2D eigenvalue weighted by atomic mass is 35.5. The number of hydrogen-bond acceptors (Lipinski definition) is 5. The van der Waals surface area contributed by atoms with Crippen LogP contribution >= 0.6 is 11.6 Å². The molecule has 0 radical (unpaired) electrons. The van der Waals surface area contributed by atoms with Crippen molar-refractivity contribution in [1.82, 2.24) is 0 Å². The molecule has 3 aromatic rings. The first-order valence-electron chi connectivity index (χ1n) is 7.28. The van der Waals surface area contributed by atoms with Gasteiger partial charge in [0.25, 0.3) is 5.69 Å². The molecule has 0 spiro atoms. The molecule has 0 aliphatic carbocycles. The van der Waals surface area contributed by atoms with Gasteiger partial charge in [0.05, 0.1) is 10.5 Å². The van der Waals surface area contributed by atoms with Crippen LogP contribution in [0.5, 0.6) is 5.75 Å². The molecular weight excluding hydrogens is 346 g/mol. The third-order valence-electron chi connectivity index (χ3n) is 3.49. The molecule has 0 fully saturated rings. The van der Waals surface area contributed by atoms with E-state index in [9.17, 15) is 14.9 Å². The number of benzene rings is 2. The maximum Gasteiger partial charge on any atom is 0.270 e. The highest BCUT2D eigenvalue weighted by Crippen LogP contribution is 2.35. The first-order valence-corrected chi connectivity index (χ1v) is 7.65. The van der Waals surface area contributed by atoms with E-state index in [0.717, 1.165) is 5.56 Å². The zero-order valence-electron chi connectivity index (χ0n) is 12.8. The van der Waals surface area contributed by atoms with Gasteiger partial charge in [-0.05, 0) is 35.9 Å². The molecule has 0 amide bonds. The number of aldehydes is 1. The molecule has 3 rings (SSSR count). The fourth-order valence-electron chi connectivity index (χ4n) is 2.25. The number of carbonyl (C=O) groups excluding carboxylic acids is 1. The monoisotopic (exact) mass is 357 g/mol. The molecule has 0 saturated carbocycles. The summed E-state index contributed by atoms with van der Waals surface area (Å²) < 4.78 is 11.2. The molecule has 1 heterocycles. The van der Waals surface area contributed by atoms with Gasteiger partial charge in [0, 0.05) is 17.2 Å².